The van der Waals surface area contributed by atoms with Gasteiger partial charge in [0, 0.05) is 23.3 Å². The fraction of sp³-hybridized carbons (Fsp3) is 0.182. The molecule has 0 radical (unpaired) electrons. The quantitative estimate of drug-likeness (QED) is 0.897. The van der Waals surface area contributed by atoms with Crippen molar-refractivity contribution in [3.63, 3.8) is 0 Å². The summed E-state index contributed by atoms with van der Waals surface area (Å²) >= 11 is 11.8. The van der Waals surface area contributed by atoms with Crippen LogP contribution in [0.3, 0.4) is 0 Å². The molecule has 1 heterocycles. The van der Waals surface area contributed by atoms with Crippen molar-refractivity contribution in [3.8, 4) is 0 Å². The number of rotatable bonds is 2. The summed E-state index contributed by atoms with van der Waals surface area (Å²) in [5, 5.41) is 5.41. The van der Waals surface area contributed by atoms with Crippen LogP contribution in [0.2, 0.25) is 10.0 Å². The number of aryl methyl sites for hydroxylation is 1. The van der Waals surface area contributed by atoms with Crippen LogP contribution in [0, 0.1) is 0 Å². The molecule has 3 nitrogen and oxygen atoms in total. The summed E-state index contributed by atoms with van der Waals surface area (Å²) in [6, 6.07) is 6.84. The van der Waals surface area contributed by atoms with Crippen molar-refractivity contribution in [2.45, 2.75) is 6.04 Å². The first-order valence-corrected chi connectivity index (χ1v) is 5.53. The highest BCUT2D eigenvalue weighted by molar-refractivity contribution is 6.34. The van der Waals surface area contributed by atoms with Crippen molar-refractivity contribution < 1.29 is 0 Å². The van der Waals surface area contributed by atoms with E-state index in [1.807, 2.05) is 19.3 Å². The second kappa shape index (κ2) is 4.45. The lowest BCUT2D eigenvalue weighted by Gasteiger charge is -2.10. The van der Waals surface area contributed by atoms with Crippen LogP contribution in [0.5, 0.6) is 0 Å². The Morgan fingerprint density at radius 3 is 2.38 bits per heavy atom. The van der Waals surface area contributed by atoms with Crippen molar-refractivity contribution in [2.75, 3.05) is 0 Å². The Morgan fingerprint density at radius 1 is 1.25 bits per heavy atom. The molecule has 1 aromatic heterocycles. The van der Waals surface area contributed by atoms with Crippen LogP contribution in [0.1, 0.15) is 17.3 Å². The summed E-state index contributed by atoms with van der Waals surface area (Å²) < 4.78 is 1.71. The van der Waals surface area contributed by atoms with Crippen molar-refractivity contribution >= 4 is 23.2 Å². The zero-order chi connectivity index (χ0) is 11.7. The van der Waals surface area contributed by atoms with Gasteiger partial charge in [0.2, 0.25) is 0 Å². The van der Waals surface area contributed by atoms with Gasteiger partial charge in [-0.25, -0.2) is 0 Å². The minimum atomic E-state index is -0.308. The number of benzene rings is 1. The van der Waals surface area contributed by atoms with Gasteiger partial charge < -0.3 is 5.73 Å². The number of hydrogen-bond acceptors (Lipinski definition) is 2. The first-order valence-electron chi connectivity index (χ1n) is 4.77. The third-order valence-electron chi connectivity index (χ3n) is 2.30. The van der Waals surface area contributed by atoms with Crippen molar-refractivity contribution in [2.24, 2.45) is 12.8 Å². The molecule has 2 N–H and O–H groups in total. The van der Waals surface area contributed by atoms with Gasteiger partial charge in [0.05, 0.1) is 11.7 Å². The number of hydrogen-bond donors (Lipinski definition) is 1. The molecule has 1 unspecified atom stereocenters. The summed E-state index contributed by atoms with van der Waals surface area (Å²) in [6.45, 7) is 0. The molecule has 0 spiro atoms. The highest BCUT2D eigenvalue weighted by Gasteiger charge is 2.12. The summed E-state index contributed by atoms with van der Waals surface area (Å²) in [5.74, 6) is 0. The molecule has 0 saturated heterocycles. The molecule has 2 aromatic rings. The Hall–Kier alpha value is -1.03. The van der Waals surface area contributed by atoms with Crippen LogP contribution >= 0.6 is 23.2 Å². The van der Waals surface area contributed by atoms with Crippen LogP contribution in [-0.2, 0) is 7.05 Å². The fourth-order valence-electron chi connectivity index (χ4n) is 1.52. The third-order valence-corrected chi connectivity index (χ3v) is 2.73. The molecule has 0 bridgehead atoms. The lowest BCUT2D eigenvalue weighted by Crippen LogP contribution is -2.13. The minimum absolute atomic E-state index is 0.308. The van der Waals surface area contributed by atoms with E-state index >= 15 is 0 Å². The predicted octanol–water partition coefficient (Wildman–Crippen LogP) is 2.78. The average Bonchev–Trinajstić information content (AvgIpc) is 2.62. The van der Waals surface area contributed by atoms with Gasteiger partial charge in [-0.1, -0.05) is 23.2 Å². The standard InChI is InChI=1S/C11H11Cl2N3/c1-16-3-2-10(15-16)11(14)7-4-8(12)6-9(13)5-7/h2-6,11H,14H2,1H3. The second-order valence-corrected chi connectivity index (χ2v) is 4.47. The lowest BCUT2D eigenvalue weighted by atomic mass is 10.1. The van der Waals surface area contributed by atoms with Crippen molar-refractivity contribution in [1.82, 2.24) is 9.78 Å². The van der Waals surface area contributed by atoms with E-state index in [4.69, 9.17) is 28.9 Å². The molecule has 1 aromatic carbocycles. The number of halogens is 2. The van der Waals surface area contributed by atoms with Crippen LogP contribution in [0.25, 0.3) is 0 Å². The topological polar surface area (TPSA) is 43.8 Å². The maximum Gasteiger partial charge on any atom is 0.0837 e. The van der Waals surface area contributed by atoms with E-state index in [2.05, 4.69) is 5.10 Å². The van der Waals surface area contributed by atoms with Gasteiger partial charge in [-0.15, -0.1) is 0 Å². The van der Waals surface area contributed by atoms with Crippen molar-refractivity contribution in [1.29, 1.82) is 0 Å². The Labute approximate surface area is 104 Å². The van der Waals surface area contributed by atoms with Gasteiger partial charge in [-0.2, -0.15) is 5.10 Å². The molecule has 0 aliphatic heterocycles. The normalized spacial score (nSPS) is 12.8. The highest BCUT2D eigenvalue weighted by atomic mass is 35.5. The van der Waals surface area contributed by atoms with Gasteiger partial charge >= 0.3 is 0 Å². The molecular formula is C11H11Cl2N3. The maximum absolute atomic E-state index is 6.07. The van der Waals surface area contributed by atoms with E-state index in [1.165, 1.54) is 0 Å². The highest BCUT2D eigenvalue weighted by Crippen LogP contribution is 2.25. The van der Waals surface area contributed by atoms with E-state index < -0.39 is 0 Å². The van der Waals surface area contributed by atoms with E-state index in [-0.39, 0.29) is 6.04 Å². The molecule has 0 amide bonds. The molecule has 0 saturated carbocycles. The van der Waals surface area contributed by atoms with Gasteiger partial charge in [-0.3, -0.25) is 4.68 Å². The molecule has 84 valence electrons. The SMILES string of the molecule is Cn1ccc(C(N)c2cc(Cl)cc(Cl)c2)n1. The Kier molecular flexibility index (Phi) is 3.19. The van der Waals surface area contributed by atoms with Crippen LogP contribution in [0.4, 0.5) is 0 Å². The minimum Gasteiger partial charge on any atom is -0.319 e. The zero-order valence-electron chi connectivity index (χ0n) is 8.69. The predicted molar refractivity (Wildman–Crippen MR) is 65.7 cm³/mol. The van der Waals surface area contributed by atoms with E-state index in [0.29, 0.717) is 10.0 Å². The molecule has 0 aliphatic rings. The lowest BCUT2D eigenvalue weighted by molar-refractivity contribution is 0.716. The molecule has 5 heteroatoms. The van der Waals surface area contributed by atoms with E-state index in [1.54, 1.807) is 22.9 Å². The first kappa shape index (κ1) is 11.5. The molecule has 2 rings (SSSR count). The third kappa shape index (κ3) is 2.38. The second-order valence-electron chi connectivity index (χ2n) is 3.59. The molecule has 1 atom stereocenters. The Morgan fingerprint density at radius 2 is 1.88 bits per heavy atom. The largest absolute Gasteiger partial charge is 0.319 e. The molecular weight excluding hydrogens is 245 g/mol. The maximum atomic E-state index is 6.07. The van der Waals surface area contributed by atoms with Gasteiger partial charge in [-0.05, 0) is 29.8 Å². The van der Waals surface area contributed by atoms with E-state index in [0.717, 1.165) is 11.3 Å². The molecule has 16 heavy (non-hydrogen) atoms. The number of nitrogens with zero attached hydrogens (tertiary/aromatic N) is 2. The van der Waals surface area contributed by atoms with Crippen molar-refractivity contribution in [3.05, 3.63) is 51.8 Å². The van der Waals surface area contributed by atoms with Gasteiger partial charge in [0.1, 0.15) is 0 Å². The fourth-order valence-corrected chi connectivity index (χ4v) is 2.07. The summed E-state index contributed by atoms with van der Waals surface area (Å²) in [5.41, 5.74) is 7.72. The zero-order valence-corrected chi connectivity index (χ0v) is 10.2. The molecule has 0 aliphatic carbocycles. The van der Waals surface area contributed by atoms with Crippen LogP contribution in [0.15, 0.2) is 30.5 Å². The van der Waals surface area contributed by atoms with Gasteiger partial charge in [0.25, 0.3) is 0 Å². The Bertz CT molecular complexity index is 487. The van der Waals surface area contributed by atoms with E-state index in [9.17, 15) is 0 Å². The number of aromatic nitrogens is 2. The summed E-state index contributed by atoms with van der Waals surface area (Å²) in [7, 11) is 1.85. The molecule has 0 fully saturated rings. The number of nitrogens with two attached hydrogens (primary N) is 1. The first-order chi connectivity index (χ1) is 7.56. The summed E-state index contributed by atoms with van der Waals surface area (Å²) in [4.78, 5) is 0. The van der Waals surface area contributed by atoms with Crippen LogP contribution in [-0.4, -0.2) is 9.78 Å². The van der Waals surface area contributed by atoms with Crippen LogP contribution < -0.4 is 5.73 Å². The Balaban J connectivity index is 2.37. The van der Waals surface area contributed by atoms with Gasteiger partial charge in [0.15, 0.2) is 0 Å². The monoisotopic (exact) mass is 255 g/mol. The smallest absolute Gasteiger partial charge is 0.0837 e. The summed E-state index contributed by atoms with van der Waals surface area (Å²) in [6.07, 6.45) is 1.85. The average molecular weight is 256 g/mol.